The standard InChI is InChI=1S/C13H8F5NO4S.K.H/c14-8-9(15)11(17)13(12(18)10(8)16)24(21,22)19-6-2-1-3-7(4-6)23-5-20;;/h1-4,19-20H,5H2;;/q;+1;-1. The normalized spacial score (nSPS) is 11.0. The van der Waals surface area contributed by atoms with Crippen LogP contribution in [0.15, 0.2) is 29.2 Å². The second-order valence-corrected chi connectivity index (χ2v) is 5.93. The molecule has 0 atom stereocenters. The topological polar surface area (TPSA) is 75.6 Å². The quantitative estimate of drug-likeness (QED) is 0.232. The van der Waals surface area contributed by atoms with Crippen LogP contribution in [0.1, 0.15) is 1.43 Å². The summed E-state index contributed by atoms with van der Waals surface area (Å²) in [6, 6.07) is 4.75. The fourth-order valence-electron chi connectivity index (χ4n) is 1.75. The Labute approximate surface area is 182 Å². The molecule has 0 spiro atoms. The van der Waals surface area contributed by atoms with Crippen LogP contribution in [0.2, 0.25) is 0 Å². The number of aliphatic hydroxyl groups excluding tert-OH is 1. The van der Waals surface area contributed by atoms with Crippen molar-refractivity contribution in [3.63, 3.8) is 0 Å². The van der Waals surface area contributed by atoms with Crippen LogP contribution in [0, 0.1) is 29.1 Å². The number of sulfonamides is 1. The first-order valence-corrected chi connectivity index (χ1v) is 7.55. The molecule has 2 aromatic carbocycles. The Kier molecular flexibility index (Phi) is 7.80. The molecule has 0 saturated heterocycles. The summed E-state index contributed by atoms with van der Waals surface area (Å²) < 4.78 is 96.8. The molecule has 0 unspecified atom stereocenters. The van der Waals surface area contributed by atoms with Crippen molar-refractivity contribution in [1.82, 2.24) is 0 Å². The number of nitrogens with one attached hydrogen (secondary N) is 1. The first-order valence-electron chi connectivity index (χ1n) is 6.07. The molecule has 0 fully saturated rings. The van der Waals surface area contributed by atoms with E-state index in [0.29, 0.717) is 0 Å². The third-order valence-electron chi connectivity index (χ3n) is 2.76. The smallest absolute Gasteiger partial charge is 1.00 e. The fraction of sp³-hybridized carbons (Fsp3) is 0.0769. The van der Waals surface area contributed by atoms with Crippen molar-refractivity contribution in [3.8, 4) is 5.75 Å². The molecule has 0 bridgehead atoms. The second-order valence-electron chi connectivity index (χ2n) is 4.31. The van der Waals surface area contributed by atoms with E-state index in [4.69, 9.17) is 5.11 Å². The molecule has 0 aliphatic rings. The van der Waals surface area contributed by atoms with Gasteiger partial charge in [-0.15, -0.1) is 0 Å². The maximum atomic E-state index is 13.6. The van der Waals surface area contributed by atoms with Crippen LogP contribution < -0.4 is 60.8 Å². The van der Waals surface area contributed by atoms with Gasteiger partial charge in [0.2, 0.25) is 5.82 Å². The number of hydrogen-bond acceptors (Lipinski definition) is 4. The van der Waals surface area contributed by atoms with Gasteiger partial charge in [0, 0.05) is 6.07 Å². The van der Waals surface area contributed by atoms with Gasteiger partial charge in [0.1, 0.15) is 5.75 Å². The summed E-state index contributed by atoms with van der Waals surface area (Å²) in [5, 5.41) is 8.60. The molecule has 5 nitrogen and oxygen atoms in total. The molecular weight excluding hydrogens is 400 g/mol. The minimum Gasteiger partial charge on any atom is -1.00 e. The van der Waals surface area contributed by atoms with E-state index in [0.717, 1.165) is 12.1 Å². The Morgan fingerprint density at radius 2 is 1.52 bits per heavy atom. The molecule has 0 heterocycles. The molecule has 0 aliphatic heterocycles. The van der Waals surface area contributed by atoms with E-state index in [1.54, 1.807) is 4.72 Å². The molecule has 2 rings (SSSR count). The van der Waals surface area contributed by atoms with Crippen molar-refractivity contribution in [2.75, 3.05) is 11.5 Å². The molecule has 0 amide bonds. The number of hydrogen-bond donors (Lipinski definition) is 2. The Bertz CT molecular complexity index is 871. The molecule has 2 N–H and O–H groups in total. The van der Waals surface area contributed by atoms with E-state index >= 15 is 0 Å². The molecule has 2 aromatic rings. The predicted molar refractivity (Wildman–Crippen MR) is 72.3 cm³/mol. The van der Waals surface area contributed by atoms with Gasteiger partial charge in [-0.05, 0) is 12.1 Å². The molecule has 12 heteroatoms. The van der Waals surface area contributed by atoms with Crippen molar-refractivity contribution in [3.05, 3.63) is 53.4 Å². The first kappa shape index (κ1) is 22.3. The van der Waals surface area contributed by atoms with Crippen molar-refractivity contribution >= 4 is 15.7 Å². The zero-order valence-corrected chi connectivity index (χ0v) is 16.4. The number of halogens is 5. The van der Waals surface area contributed by atoms with Crippen LogP contribution in [0.5, 0.6) is 5.75 Å². The molecule has 0 aromatic heterocycles. The van der Waals surface area contributed by atoms with Gasteiger partial charge in [-0.3, -0.25) is 4.72 Å². The maximum Gasteiger partial charge on any atom is 1.00 e. The van der Waals surface area contributed by atoms with E-state index in [9.17, 15) is 30.4 Å². The van der Waals surface area contributed by atoms with E-state index < -0.39 is 50.8 Å². The van der Waals surface area contributed by atoms with E-state index in [2.05, 4.69) is 4.74 Å². The number of benzene rings is 2. The van der Waals surface area contributed by atoms with E-state index in [1.807, 2.05) is 0 Å². The van der Waals surface area contributed by atoms with Crippen molar-refractivity contribution in [2.45, 2.75) is 4.90 Å². The van der Waals surface area contributed by atoms with Crippen LogP contribution in [0.25, 0.3) is 0 Å². The summed E-state index contributed by atoms with van der Waals surface area (Å²) in [6.07, 6.45) is 0. The van der Waals surface area contributed by atoms with Gasteiger partial charge < -0.3 is 11.3 Å². The minimum absolute atomic E-state index is 0. The molecule has 132 valence electrons. The fourth-order valence-corrected chi connectivity index (χ4v) is 2.94. The monoisotopic (exact) mass is 409 g/mol. The van der Waals surface area contributed by atoms with Crippen LogP contribution in [0.4, 0.5) is 27.6 Å². The Hall–Kier alpha value is -0.764. The van der Waals surface area contributed by atoms with Crippen LogP contribution in [-0.2, 0) is 10.0 Å². The summed E-state index contributed by atoms with van der Waals surface area (Å²) in [5.41, 5.74) is -0.287. The number of rotatable bonds is 5. The Morgan fingerprint density at radius 3 is 2.04 bits per heavy atom. The largest absolute Gasteiger partial charge is 1.00 e. The average molecular weight is 409 g/mol. The molecule has 0 aliphatic carbocycles. The van der Waals surface area contributed by atoms with Gasteiger partial charge >= 0.3 is 51.4 Å². The Morgan fingerprint density at radius 1 is 1.00 bits per heavy atom. The molecule has 0 saturated carbocycles. The summed E-state index contributed by atoms with van der Waals surface area (Å²) in [7, 11) is -5.13. The summed E-state index contributed by atoms with van der Waals surface area (Å²) in [5.74, 6) is -12.2. The zero-order chi connectivity index (χ0) is 18.1. The van der Waals surface area contributed by atoms with Crippen LogP contribution >= 0.6 is 0 Å². The van der Waals surface area contributed by atoms with Crippen LogP contribution in [-0.4, -0.2) is 20.3 Å². The predicted octanol–water partition coefficient (Wildman–Crippen LogP) is -0.372. The summed E-state index contributed by atoms with van der Waals surface area (Å²) in [4.78, 5) is -2.01. The van der Waals surface area contributed by atoms with Gasteiger partial charge in [-0.2, -0.15) is 0 Å². The van der Waals surface area contributed by atoms with Crippen LogP contribution in [0.3, 0.4) is 0 Å². The zero-order valence-electron chi connectivity index (χ0n) is 13.5. The SMILES string of the molecule is O=S(=O)(Nc1cccc(OCO)c1)c1c(F)c(F)c(F)c(F)c1F.[H-].[K+]. The van der Waals surface area contributed by atoms with Gasteiger partial charge in [0.05, 0.1) is 5.69 Å². The van der Waals surface area contributed by atoms with Crippen molar-refractivity contribution < 1.29 is 93.0 Å². The van der Waals surface area contributed by atoms with Gasteiger partial charge in [-0.25, -0.2) is 30.4 Å². The van der Waals surface area contributed by atoms with Gasteiger partial charge in [0.15, 0.2) is 35.0 Å². The molecular formula is C13H9F5KNO4S. The van der Waals surface area contributed by atoms with Gasteiger partial charge in [-0.1, -0.05) is 6.07 Å². The van der Waals surface area contributed by atoms with Crippen molar-refractivity contribution in [2.24, 2.45) is 0 Å². The van der Waals surface area contributed by atoms with E-state index in [1.165, 1.54) is 12.1 Å². The first-order chi connectivity index (χ1) is 11.2. The third-order valence-corrected chi connectivity index (χ3v) is 4.16. The van der Waals surface area contributed by atoms with E-state index in [-0.39, 0.29) is 64.2 Å². The van der Waals surface area contributed by atoms with Gasteiger partial charge in [0.25, 0.3) is 10.0 Å². The number of ether oxygens (including phenoxy) is 1. The maximum absolute atomic E-state index is 13.6. The third kappa shape index (κ3) is 4.70. The number of anilines is 1. The second kappa shape index (κ2) is 8.75. The summed E-state index contributed by atoms with van der Waals surface area (Å²) >= 11 is 0. The Balaban J connectivity index is 0.00000312. The average Bonchev–Trinajstić information content (AvgIpc) is 2.51. The minimum atomic E-state index is -5.13. The number of aliphatic hydroxyl groups is 1. The summed E-state index contributed by atoms with van der Waals surface area (Å²) in [6.45, 7) is -0.728. The van der Waals surface area contributed by atoms with Crippen molar-refractivity contribution in [1.29, 1.82) is 0 Å². The molecule has 25 heavy (non-hydrogen) atoms. The molecule has 0 radical (unpaired) electrons.